The number of fused-ring (bicyclic) bond motifs is 2. The molecule has 6 heteroatoms. The van der Waals surface area contributed by atoms with E-state index in [1.165, 1.54) is 46.3 Å². The fourth-order valence-electron chi connectivity index (χ4n) is 4.25. The van der Waals surface area contributed by atoms with Gasteiger partial charge in [0.05, 0.1) is 16.3 Å². The molecule has 1 aliphatic carbocycles. The molecule has 2 aromatic heterocycles. The van der Waals surface area contributed by atoms with Gasteiger partial charge in [0.25, 0.3) is 0 Å². The zero-order valence-electron chi connectivity index (χ0n) is 16.3. The molecule has 0 radical (unpaired) electrons. The average Bonchev–Trinajstić information content (AvgIpc) is 3.31. The number of hydrogen-bond donors (Lipinski definition) is 0. The second kappa shape index (κ2) is 8.28. The smallest absolute Gasteiger partial charge is 0.237 e. The quantitative estimate of drug-likeness (QED) is 0.431. The first-order chi connectivity index (χ1) is 14.3. The Morgan fingerprint density at radius 3 is 2.83 bits per heavy atom. The predicted molar refractivity (Wildman–Crippen MR) is 120 cm³/mol. The maximum Gasteiger partial charge on any atom is 0.237 e. The van der Waals surface area contributed by atoms with Gasteiger partial charge in [0.15, 0.2) is 5.16 Å². The summed E-state index contributed by atoms with van der Waals surface area (Å²) in [6.07, 6.45) is 6.51. The summed E-state index contributed by atoms with van der Waals surface area (Å²) in [6, 6.07) is 12.4. The van der Waals surface area contributed by atoms with Crippen LogP contribution in [0.5, 0.6) is 0 Å². The molecule has 3 heterocycles. The molecule has 0 atom stereocenters. The van der Waals surface area contributed by atoms with Crippen LogP contribution in [0, 0.1) is 0 Å². The molecule has 5 rings (SSSR count). The summed E-state index contributed by atoms with van der Waals surface area (Å²) in [5.41, 5.74) is 5.88. The number of thioether (sulfide) groups is 1. The Hall–Kier alpha value is -2.18. The lowest BCUT2D eigenvalue weighted by Gasteiger charge is -2.29. The summed E-state index contributed by atoms with van der Waals surface area (Å²) in [5, 5.41) is 2.82. The van der Waals surface area contributed by atoms with Gasteiger partial charge in [-0.1, -0.05) is 36.0 Å². The number of aromatic nitrogens is 2. The zero-order valence-corrected chi connectivity index (χ0v) is 17.9. The number of rotatable bonds is 4. The van der Waals surface area contributed by atoms with Crippen LogP contribution in [0.4, 0.5) is 5.69 Å². The Labute approximate surface area is 179 Å². The van der Waals surface area contributed by atoms with Crippen molar-refractivity contribution >= 4 is 34.7 Å². The van der Waals surface area contributed by atoms with E-state index in [2.05, 4.69) is 35.7 Å². The van der Waals surface area contributed by atoms with E-state index in [0.717, 1.165) is 48.8 Å². The van der Waals surface area contributed by atoms with Gasteiger partial charge in [-0.3, -0.25) is 4.79 Å². The van der Waals surface area contributed by atoms with Crippen molar-refractivity contribution in [1.29, 1.82) is 0 Å². The van der Waals surface area contributed by atoms with E-state index < -0.39 is 0 Å². The molecule has 29 heavy (non-hydrogen) atoms. The van der Waals surface area contributed by atoms with Crippen LogP contribution in [0.15, 0.2) is 46.9 Å². The molecule has 0 saturated carbocycles. The summed E-state index contributed by atoms with van der Waals surface area (Å²) in [7, 11) is 0. The third-order valence-electron chi connectivity index (χ3n) is 5.65. The lowest BCUT2D eigenvalue weighted by molar-refractivity contribution is -0.116. The lowest BCUT2D eigenvalue weighted by Crippen LogP contribution is -2.36. The van der Waals surface area contributed by atoms with Gasteiger partial charge >= 0.3 is 0 Å². The van der Waals surface area contributed by atoms with Crippen LogP contribution in [-0.2, 0) is 24.1 Å². The van der Waals surface area contributed by atoms with Crippen molar-refractivity contribution in [2.45, 2.75) is 43.7 Å². The summed E-state index contributed by atoms with van der Waals surface area (Å²) in [6.45, 7) is 0.794. The third kappa shape index (κ3) is 3.83. The van der Waals surface area contributed by atoms with E-state index in [4.69, 9.17) is 9.97 Å². The van der Waals surface area contributed by atoms with Gasteiger partial charge in [-0.15, -0.1) is 11.3 Å². The van der Waals surface area contributed by atoms with E-state index in [0.29, 0.717) is 5.75 Å². The number of benzene rings is 1. The molecule has 0 bridgehead atoms. The number of carbonyl (C=O) groups is 1. The van der Waals surface area contributed by atoms with Crippen molar-refractivity contribution < 1.29 is 4.79 Å². The topological polar surface area (TPSA) is 46.1 Å². The van der Waals surface area contributed by atoms with Crippen LogP contribution in [0.1, 0.15) is 36.1 Å². The van der Waals surface area contributed by atoms with Crippen molar-refractivity contribution in [3.05, 3.63) is 58.6 Å². The molecular weight excluding hydrogens is 398 g/mol. The summed E-state index contributed by atoms with van der Waals surface area (Å²) in [5.74, 6) is 0.512. The molecule has 0 saturated heterocycles. The first-order valence-corrected chi connectivity index (χ1v) is 12.1. The van der Waals surface area contributed by atoms with Gasteiger partial charge in [-0.05, 0) is 61.6 Å². The van der Waals surface area contributed by atoms with Crippen LogP contribution in [-0.4, -0.2) is 28.2 Å². The van der Waals surface area contributed by atoms with E-state index in [9.17, 15) is 4.79 Å². The second-order valence-corrected chi connectivity index (χ2v) is 9.42. The van der Waals surface area contributed by atoms with Crippen molar-refractivity contribution in [3.8, 4) is 10.6 Å². The monoisotopic (exact) mass is 421 g/mol. The number of anilines is 1. The summed E-state index contributed by atoms with van der Waals surface area (Å²) >= 11 is 3.19. The van der Waals surface area contributed by atoms with Crippen LogP contribution < -0.4 is 4.90 Å². The first-order valence-electron chi connectivity index (χ1n) is 10.2. The molecule has 0 fully saturated rings. The minimum atomic E-state index is 0.140. The van der Waals surface area contributed by atoms with Gasteiger partial charge in [0, 0.05) is 23.5 Å². The number of thiophene rings is 1. The maximum absolute atomic E-state index is 13.0. The molecule has 2 aliphatic rings. The van der Waals surface area contributed by atoms with Crippen molar-refractivity contribution in [2.24, 2.45) is 0 Å². The Bertz CT molecular complexity index is 1030. The number of nitrogens with zero attached hydrogens (tertiary/aromatic N) is 3. The van der Waals surface area contributed by atoms with Crippen LogP contribution in [0.3, 0.4) is 0 Å². The van der Waals surface area contributed by atoms with E-state index >= 15 is 0 Å². The largest absolute Gasteiger partial charge is 0.311 e. The number of hydrogen-bond acceptors (Lipinski definition) is 5. The molecule has 1 aromatic carbocycles. The summed E-state index contributed by atoms with van der Waals surface area (Å²) < 4.78 is 0. The molecule has 1 amide bonds. The highest BCUT2D eigenvalue weighted by molar-refractivity contribution is 7.99. The molecule has 3 aromatic rings. The van der Waals surface area contributed by atoms with Crippen molar-refractivity contribution in [3.63, 3.8) is 0 Å². The highest BCUT2D eigenvalue weighted by Crippen LogP contribution is 2.34. The molecule has 0 N–H and O–H groups in total. The van der Waals surface area contributed by atoms with E-state index in [-0.39, 0.29) is 5.91 Å². The molecule has 148 valence electrons. The Morgan fingerprint density at radius 1 is 1.03 bits per heavy atom. The zero-order chi connectivity index (χ0) is 19.6. The van der Waals surface area contributed by atoms with Gasteiger partial charge < -0.3 is 4.90 Å². The van der Waals surface area contributed by atoms with E-state index in [1.54, 1.807) is 11.3 Å². The van der Waals surface area contributed by atoms with Crippen LogP contribution in [0.25, 0.3) is 10.6 Å². The molecule has 0 unspecified atom stereocenters. The maximum atomic E-state index is 13.0. The van der Waals surface area contributed by atoms with Gasteiger partial charge in [-0.2, -0.15) is 0 Å². The molecule has 1 aliphatic heterocycles. The van der Waals surface area contributed by atoms with Crippen molar-refractivity contribution in [2.75, 3.05) is 17.2 Å². The molecule has 0 spiro atoms. The van der Waals surface area contributed by atoms with Gasteiger partial charge in [-0.25, -0.2) is 9.97 Å². The molecular formula is C23H23N3OS2. The number of para-hydroxylation sites is 1. The third-order valence-corrected chi connectivity index (χ3v) is 7.36. The minimum absolute atomic E-state index is 0.140. The number of carbonyl (C=O) groups excluding carboxylic acids is 1. The SMILES string of the molecule is O=C(CSc1nc2c(c(-c3cccs3)n1)CCCC2)N1CCCc2ccccc21. The van der Waals surface area contributed by atoms with Crippen LogP contribution >= 0.6 is 23.1 Å². The predicted octanol–water partition coefficient (Wildman–Crippen LogP) is 5.16. The standard InChI is InChI=1S/C23H23N3OS2/c27-21(26-13-5-8-16-7-1-4-11-19(16)26)15-29-23-24-18-10-3-2-9-17(18)22(25-23)20-12-6-14-28-20/h1,4,6-7,11-12,14H,2-3,5,8-10,13,15H2. The van der Waals surface area contributed by atoms with Gasteiger partial charge in [0.1, 0.15) is 0 Å². The fourth-order valence-corrected chi connectivity index (χ4v) is 5.73. The number of amides is 1. The lowest BCUT2D eigenvalue weighted by atomic mass is 9.94. The van der Waals surface area contributed by atoms with E-state index in [1.807, 2.05) is 11.0 Å². The number of aryl methyl sites for hydroxylation is 2. The normalized spacial score (nSPS) is 15.7. The fraction of sp³-hybridized carbons (Fsp3) is 0.348. The Balaban J connectivity index is 1.38. The van der Waals surface area contributed by atoms with Gasteiger partial charge in [0.2, 0.25) is 5.91 Å². The highest BCUT2D eigenvalue weighted by Gasteiger charge is 2.24. The first kappa shape index (κ1) is 18.8. The highest BCUT2D eigenvalue weighted by atomic mass is 32.2. The van der Waals surface area contributed by atoms with Crippen molar-refractivity contribution in [1.82, 2.24) is 9.97 Å². The second-order valence-electron chi connectivity index (χ2n) is 7.53. The minimum Gasteiger partial charge on any atom is -0.311 e. The average molecular weight is 422 g/mol. The summed E-state index contributed by atoms with van der Waals surface area (Å²) in [4.78, 5) is 25.8. The Kier molecular flexibility index (Phi) is 5.38. The Morgan fingerprint density at radius 2 is 1.93 bits per heavy atom. The molecule has 4 nitrogen and oxygen atoms in total. The van der Waals surface area contributed by atoms with Crippen LogP contribution in [0.2, 0.25) is 0 Å².